The van der Waals surface area contributed by atoms with Crippen molar-refractivity contribution in [2.24, 2.45) is 0 Å². The normalized spacial score (nSPS) is 27.1. The number of carbonyl (C=O) groups excluding carboxylic acids is 2. The molecule has 0 bridgehead atoms. The lowest BCUT2D eigenvalue weighted by Gasteiger charge is -2.48. The number of fused-ring (bicyclic) bond motifs is 1. The Balaban J connectivity index is 1.47. The second-order valence-corrected chi connectivity index (χ2v) is 10.0. The highest BCUT2D eigenvalue weighted by atomic mass is 32.2. The van der Waals surface area contributed by atoms with Gasteiger partial charge >= 0.3 is 11.9 Å². The van der Waals surface area contributed by atoms with Gasteiger partial charge in [0.25, 0.3) is 0 Å². The lowest BCUT2D eigenvalue weighted by atomic mass is 9.98. The molecule has 2 heterocycles. The molecule has 6 atom stereocenters. The molecule has 0 aromatic heterocycles. The van der Waals surface area contributed by atoms with Crippen LogP contribution in [0.1, 0.15) is 39.5 Å². The molecule has 2 saturated heterocycles. The standard InChI is InChI=1S/C29H28O7S/c1-2-37-29-25(35-27(31)20-14-8-4-9-15-20)24(34-26(30)19-12-6-3-7-13-19)23-22(33-29)18-32-28(36-23)21-16-10-5-11-17-21/h3-17,22-25,28-29H,2,18H2,1H3/t22-,23+,24+,25-,28+,29+/m1/s1. The summed E-state index contributed by atoms with van der Waals surface area (Å²) in [6, 6.07) is 27.0. The van der Waals surface area contributed by atoms with Crippen LogP contribution in [0.4, 0.5) is 0 Å². The monoisotopic (exact) mass is 520 g/mol. The summed E-state index contributed by atoms with van der Waals surface area (Å²) >= 11 is 1.48. The van der Waals surface area contributed by atoms with Crippen LogP contribution < -0.4 is 0 Å². The molecule has 192 valence electrons. The number of hydrogen-bond donors (Lipinski definition) is 0. The Morgan fingerprint density at radius 3 is 1.89 bits per heavy atom. The maximum absolute atomic E-state index is 13.2. The van der Waals surface area contributed by atoms with Crippen molar-refractivity contribution in [3.63, 3.8) is 0 Å². The largest absolute Gasteiger partial charge is 0.452 e. The molecule has 2 aliphatic rings. The Bertz CT molecular complexity index is 1170. The van der Waals surface area contributed by atoms with Crippen molar-refractivity contribution in [1.82, 2.24) is 0 Å². The molecule has 3 aromatic carbocycles. The molecule has 2 fully saturated rings. The summed E-state index contributed by atoms with van der Waals surface area (Å²) in [5.41, 5.74) is 1.04. The van der Waals surface area contributed by atoms with Gasteiger partial charge in [0, 0.05) is 5.56 Å². The van der Waals surface area contributed by atoms with Gasteiger partial charge in [0.2, 0.25) is 0 Å². The predicted octanol–water partition coefficient (Wildman–Crippen LogP) is 5.03. The van der Waals surface area contributed by atoms with Crippen LogP contribution in [0.15, 0.2) is 91.0 Å². The van der Waals surface area contributed by atoms with Crippen LogP contribution in [0.5, 0.6) is 0 Å². The van der Waals surface area contributed by atoms with Gasteiger partial charge in [0.1, 0.15) is 17.6 Å². The van der Waals surface area contributed by atoms with E-state index in [9.17, 15) is 9.59 Å². The number of benzene rings is 3. The smallest absolute Gasteiger partial charge is 0.338 e. The minimum Gasteiger partial charge on any atom is -0.452 e. The van der Waals surface area contributed by atoms with Crippen molar-refractivity contribution < 1.29 is 33.3 Å². The predicted molar refractivity (Wildman–Crippen MR) is 138 cm³/mol. The molecule has 2 aliphatic heterocycles. The molecule has 0 amide bonds. The number of rotatable bonds is 7. The molecule has 8 heteroatoms. The summed E-state index contributed by atoms with van der Waals surface area (Å²) in [5, 5.41) is 0. The summed E-state index contributed by atoms with van der Waals surface area (Å²) in [6.45, 7) is 2.23. The third kappa shape index (κ3) is 5.88. The average molecular weight is 521 g/mol. The Labute approximate surface area is 220 Å². The van der Waals surface area contributed by atoms with Crippen molar-refractivity contribution in [1.29, 1.82) is 0 Å². The van der Waals surface area contributed by atoms with E-state index >= 15 is 0 Å². The van der Waals surface area contributed by atoms with Gasteiger partial charge in [-0.1, -0.05) is 73.7 Å². The van der Waals surface area contributed by atoms with Gasteiger partial charge in [-0.25, -0.2) is 9.59 Å². The van der Waals surface area contributed by atoms with Crippen LogP contribution in [-0.2, 0) is 23.7 Å². The lowest BCUT2D eigenvalue weighted by molar-refractivity contribution is -0.317. The van der Waals surface area contributed by atoms with Gasteiger partial charge in [0.15, 0.2) is 18.5 Å². The maximum atomic E-state index is 13.2. The summed E-state index contributed by atoms with van der Waals surface area (Å²) in [4.78, 5) is 26.3. The number of carbonyl (C=O) groups is 2. The van der Waals surface area contributed by atoms with Gasteiger partial charge in [-0.3, -0.25) is 0 Å². The molecule has 0 spiro atoms. The molecule has 7 nitrogen and oxygen atoms in total. The van der Waals surface area contributed by atoms with E-state index in [-0.39, 0.29) is 6.61 Å². The minimum absolute atomic E-state index is 0.240. The van der Waals surface area contributed by atoms with Crippen molar-refractivity contribution >= 4 is 23.7 Å². The Hall–Kier alpha value is -3.17. The van der Waals surface area contributed by atoms with Gasteiger partial charge in [-0.2, -0.15) is 0 Å². The lowest BCUT2D eigenvalue weighted by Crippen LogP contribution is -2.63. The van der Waals surface area contributed by atoms with E-state index in [4.69, 9.17) is 23.7 Å². The van der Waals surface area contributed by atoms with E-state index in [1.165, 1.54) is 11.8 Å². The summed E-state index contributed by atoms with van der Waals surface area (Å²) in [5.74, 6) is -0.352. The van der Waals surface area contributed by atoms with Gasteiger partial charge < -0.3 is 23.7 Å². The number of hydrogen-bond acceptors (Lipinski definition) is 8. The maximum Gasteiger partial charge on any atom is 0.338 e. The molecule has 37 heavy (non-hydrogen) atoms. The van der Waals surface area contributed by atoms with Crippen LogP contribution in [0.25, 0.3) is 0 Å². The summed E-state index contributed by atoms with van der Waals surface area (Å²) in [7, 11) is 0. The van der Waals surface area contributed by atoms with Crippen LogP contribution in [-0.4, -0.2) is 54.2 Å². The highest BCUT2D eigenvalue weighted by Crippen LogP contribution is 2.39. The van der Waals surface area contributed by atoms with E-state index in [0.29, 0.717) is 16.9 Å². The molecular weight excluding hydrogens is 492 g/mol. The van der Waals surface area contributed by atoms with E-state index < -0.39 is 48.1 Å². The first-order valence-corrected chi connectivity index (χ1v) is 13.3. The Kier molecular flexibility index (Phi) is 8.21. The van der Waals surface area contributed by atoms with E-state index in [0.717, 1.165) is 5.56 Å². The first-order chi connectivity index (χ1) is 18.1. The number of ether oxygens (including phenoxy) is 5. The van der Waals surface area contributed by atoms with E-state index in [1.54, 1.807) is 48.5 Å². The fourth-order valence-electron chi connectivity index (χ4n) is 4.42. The van der Waals surface area contributed by atoms with Crippen LogP contribution in [0, 0.1) is 0 Å². The number of thioether (sulfide) groups is 1. The molecule has 0 N–H and O–H groups in total. The molecule has 0 radical (unpaired) electrons. The third-order valence-electron chi connectivity index (χ3n) is 6.19. The molecule has 0 saturated carbocycles. The van der Waals surface area contributed by atoms with Gasteiger partial charge in [-0.05, 0) is 30.0 Å². The zero-order valence-corrected chi connectivity index (χ0v) is 21.1. The quantitative estimate of drug-likeness (QED) is 0.402. The first kappa shape index (κ1) is 25.5. The molecule has 0 aliphatic carbocycles. The summed E-state index contributed by atoms with van der Waals surface area (Å²) < 4.78 is 30.7. The Morgan fingerprint density at radius 1 is 0.784 bits per heavy atom. The van der Waals surface area contributed by atoms with Crippen molar-refractivity contribution in [3.8, 4) is 0 Å². The molecule has 3 aromatic rings. The Morgan fingerprint density at radius 2 is 1.32 bits per heavy atom. The highest BCUT2D eigenvalue weighted by Gasteiger charge is 2.53. The van der Waals surface area contributed by atoms with Crippen LogP contribution >= 0.6 is 11.8 Å². The fraction of sp³-hybridized carbons (Fsp3) is 0.310. The number of esters is 2. The van der Waals surface area contributed by atoms with Gasteiger partial charge in [0.05, 0.1) is 17.7 Å². The van der Waals surface area contributed by atoms with Crippen LogP contribution in [0.2, 0.25) is 0 Å². The SMILES string of the molecule is CCS[C@@H]1O[C@@H]2CO[C@H](c3ccccc3)O[C@@H]2[C@H](OC(=O)c2ccccc2)[C@H]1OC(=O)c1ccccc1. The third-order valence-corrected chi connectivity index (χ3v) is 7.23. The fourth-order valence-corrected chi connectivity index (χ4v) is 5.37. The summed E-state index contributed by atoms with van der Waals surface area (Å²) in [6.07, 6.45) is -3.72. The second kappa shape index (κ2) is 11.9. The van der Waals surface area contributed by atoms with E-state index in [2.05, 4.69) is 0 Å². The topological polar surface area (TPSA) is 80.3 Å². The first-order valence-electron chi connectivity index (χ1n) is 12.2. The van der Waals surface area contributed by atoms with Crippen molar-refractivity contribution in [2.75, 3.05) is 12.4 Å². The second-order valence-electron chi connectivity index (χ2n) is 8.65. The van der Waals surface area contributed by atoms with Gasteiger partial charge in [-0.15, -0.1) is 11.8 Å². The zero-order valence-electron chi connectivity index (χ0n) is 20.3. The zero-order chi connectivity index (χ0) is 25.6. The van der Waals surface area contributed by atoms with Crippen molar-refractivity contribution in [3.05, 3.63) is 108 Å². The highest BCUT2D eigenvalue weighted by molar-refractivity contribution is 7.99. The van der Waals surface area contributed by atoms with E-state index in [1.807, 2.05) is 49.4 Å². The van der Waals surface area contributed by atoms with Crippen molar-refractivity contribution in [2.45, 2.75) is 43.1 Å². The molecular formula is C29H28O7S. The van der Waals surface area contributed by atoms with Crippen LogP contribution in [0.3, 0.4) is 0 Å². The molecule has 0 unspecified atom stereocenters. The minimum atomic E-state index is -0.918. The molecule has 5 rings (SSSR count). The average Bonchev–Trinajstić information content (AvgIpc) is 2.96.